The third-order valence-corrected chi connectivity index (χ3v) is 6.80. The molecule has 2 N–H and O–H groups in total. The number of likely N-dealkylation sites (tertiary alicyclic amines) is 1. The van der Waals surface area contributed by atoms with Crippen LogP contribution in [0.3, 0.4) is 0 Å². The molecule has 1 heterocycles. The molecule has 0 radical (unpaired) electrons. The maximum Gasteiger partial charge on any atom is 0.328 e. The number of piperidine rings is 1. The number of phenolic OH excluding ortho intramolecular Hbond substituents is 1. The van der Waals surface area contributed by atoms with Gasteiger partial charge in [0.15, 0.2) is 11.5 Å². The van der Waals surface area contributed by atoms with Crippen molar-refractivity contribution in [2.45, 2.75) is 38.6 Å². The van der Waals surface area contributed by atoms with Gasteiger partial charge in [-0.3, -0.25) is 4.79 Å². The number of carbonyl (C=O) groups is 2. The molecule has 0 spiro atoms. The van der Waals surface area contributed by atoms with Gasteiger partial charge in [-0.2, -0.15) is 0 Å². The molecule has 0 bridgehead atoms. The predicted octanol–water partition coefficient (Wildman–Crippen LogP) is 4.71. The van der Waals surface area contributed by atoms with Crippen molar-refractivity contribution in [3.05, 3.63) is 57.6 Å². The summed E-state index contributed by atoms with van der Waals surface area (Å²) >= 11 is 12.7. The van der Waals surface area contributed by atoms with Gasteiger partial charge in [0, 0.05) is 6.42 Å². The second-order valence-corrected chi connectivity index (χ2v) is 9.53. The molecule has 2 aromatic rings. The minimum atomic E-state index is -0.952. The molecule has 1 aliphatic rings. The summed E-state index contributed by atoms with van der Waals surface area (Å²) in [7, 11) is 2.11. The van der Waals surface area contributed by atoms with Crippen LogP contribution in [0.2, 0.25) is 10.0 Å². The number of nitrogens with zero attached hydrogens (tertiary/aromatic N) is 1. The van der Waals surface area contributed by atoms with Gasteiger partial charge in [-0.15, -0.1) is 0 Å². The van der Waals surface area contributed by atoms with Crippen LogP contribution in [0.25, 0.3) is 0 Å². The third kappa shape index (κ3) is 7.50. The summed E-state index contributed by atoms with van der Waals surface area (Å²) in [5, 5.41) is 13.2. The fourth-order valence-corrected chi connectivity index (χ4v) is 4.66. The Morgan fingerprint density at radius 3 is 2.54 bits per heavy atom. The number of benzene rings is 2. The summed E-state index contributed by atoms with van der Waals surface area (Å²) in [4.78, 5) is 27.8. The number of carbonyl (C=O) groups excluding carboxylic acids is 2. The number of nitrogens with one attached hydrogen (secondary N) is 1. The number of esters is 1. The summed E-state index contributed by atoms with van der Waals surface area (Å²) in [6.45, 7) is 4.39. The minimum absolute atomic E-state index is 0.108. The van der Waals surface area contributed by atoms with Crippen molar-refractivity contribution in [1.29, 1.82) is 0 Å². The van der Waals surface area contributed by atoms with Crippen LogP contribution in [-0.2, 0) is 16.0 Å². The first kappa shape index (κ1) is 27.1. The summed E-state index contributed by atoms with van der Waals surface area (Å²) in [6, 6.07) is 9.59. The molecule has 9 heteroatoms. The molecule has 0 saturated carbocycles. The average molecular weight is 523 g/mol. The Bertz CT molecular complexity index is 1010. The van der Waals surface area contributed by atoms with E-state index in [0.717, 1.165) is 37.9 Å². The zero-order chi connectivity index (χ0) is 25.4. The molecule has 0 unspecified atom stereocenters. The number of aromatic hydroxyl groups is 1. The lowest BCUT2D eigenvalue weighted by atomic mass is 9.94. The highest BCUT2D eigenvalue weighted by Crippen LogP contribution is 2.42. The zero-order valence-corrected chi connectivity index (χ0v) is 21.6. The maximum absolute atomic E-state index is 13.0. The summed E-state index contributed by atoms with van der Waals surface area (Å²) in [6.07, 6.45) is 3.29. The molecule has 0 aliphatic carbocycles. The molecule has 35 heavy (non-hydrogen) atoms. The number of rotatable bonds is 10. The topological polar surface area (TPSA) is 88.1 Å². The quantitative estimate of drug-likeness (QED) is 0.439. The van der Waals surface area contributed by atoms with Crippen LogP contribution < -0.4 is 10.1 Å². The van der Waals surface area contributed by atoms with Gasteiger partial charge >= 0.3 is 5.97 Å². The fourth-order valence-electron chi connectivity index (χ4n) is 4.10. The second kappa shape index (κ2) is 13.0. The first-order valence-electron chi connectivity index (χ1n) is 11.8. The molecule has 7 nitrogen and oxygen atoms in total. The monoisotopic (exact) mass is 522 g/mol. The number of ether oxygens (including phenoxy) is 2. The van der Waals surface area contributed by atoms with Crippen molar-refractivity contribution >= 4 is 35.1 Å². The summed E-state index contributed by atoms with van der Waals surface area (Å²) in [5.74, 6) is -1.02. The lowest BCUT2D eigenvalue weighted by molar-refractivity contribution is -0.145. The van der Waals surface area contributed by atoms with E-state index in [0.29, 0.717) is 12.5 Å². The zero-order valence-electron chi connectivity index (χ0n) is 20.1. The molecule has 3 rings (SSSR count). The first-order chi connectivity index (χ1) is 16.8. The van der Waals surface area contributed by atoms with Crippen molar-refractivity contribution in [1.82, 2.24) is 10.2 Å². The van der Waals surface area contributed by atoms with Gasteiger partial charge in [-0.25, -0.2) is 4.79 Å². The summed E-state index contributed by atoms with van der Waals surface area (Å²) in [5.41, 5.74) is 0.699. The van der Waals surface area contributed by atoms with E-state index in [1.165, 1.54) is 6.07 Å². The van der Waals surface area contributed by atoms with Crippen molar-refractivity contribution in [2.75, 3.05) is 33.4 Å². The number of hydrogen-bond acceptors (Lipinski definition) is 6. The van der Waals surface area contributed by atoms with Crippen LogP contribution in [0.15, 0.2) is 36.4 Å². The van der Waals surface area contributed by atoms with Crippen LogP contribution in [0.5, 0.6) is 11.5 Å². The molecule has 1 saturated heterocycles. The lowest BCUT2D eigenvalue weighted by Crippen LogP contribution is -2.43. The fraction of sp³-hybridized carbons (Fsp3) is 0.462. The number of halogens is 2. The molecule has 1 atom stereocenters. The molecular formula is C26H32Cl2N2O5. The van der Waals surface area contributed by atoms with Crippen LogP contribution in [0, 0.1) is 5.92 Å². The SMILES string of the molecule is CCOC(=O)[C@H](Cc1ccccc1)NC(=O)c1cc(Cl)c(OCCC2CCN(C)CC2)c(Cl)c1O. The number of phenols is 1. The first-order valence-corrected chi connectivity index (χ1v) is 12.6. The van der Waals surface area contributed by atoms with E-state index in [1.54, 1.807) is 6.92 Å². The van der Waals surface area contributed by atoms with Gasteiger partial charge in [0.1, 0.15) is 11.1 Å². The highest BCUT2D eigenvalue weighted by atomic mass is 35.5. The van der Waals surface area contributed by atoms with Gasteiger partial charge in [0.2, 0.25) is 0 Å². The number of amides is 1. The Labute approximate surface area is 216 Å². The standard InChI is InChI=1S/C26H32Cl2N2O5/c1-3-34-26(33)21(15-18-7-5-4-6-8-18)29-25(32)19-16-20(27)24(22(28)23(19)31)35-14-11-17-9-12-30(2)13-10-17/h4-8,16-17,21,31H,3,9-15H2,1-2H3,(H,29,32)/t21-/m0/s1. The van der Waals surface area contributed by atoms with Crippen LogP contribution in [0.4, 0.5) is 0 Å². The van der Waals surface area contributed by atoms with Crippen molar-refractivity contribution < 1.29 is 24.2 Å². The Morgan fingerprint density at radius 1 is 1.20 bits per heavy atom. The highest BCUT2D eigenvalue weighted by molar-refractivity contribution is 6.39. The van der Waals surface area contributed by atoms with Crippen LogP contribution in [0.1, 0.15) is 42.1 Å². The van der Waals surface area contributed by atoms with Crippen molar-refractivity contribution in [2.24, 2.45) is 5.92 Å². The second-order valence-electron chi connectivity index (χ2n) is 8.75. The summed E-state index contributed by atoms with van der Waals surface area (Å²) < 4.78 is 10.9. The maximum atomic E-state index is 13.0. The molecule has 190 valence electrons. The predicted molar refractivity (Wildman–Crippen MR) is 136 cm³/mol. The normalized spacial score (nSPS) is 15.4. The Hall–Kier alpha value is -2.48. The van der Waals surface area contributed by atoms with Gasteiger partial charge < -0.3 is 24.8 Å². The largest absolute Gasteiger partial charge is 0.505 e. The Morgan fingerprint density at radius 2 is 1.89 bits per heavy atom. The molecular weight excluding hydrogens is 491 g/mol. The van der Waals surface area contributed by atoms with Crippen LogP contribution in [-0.4, -0.2) is 61.3 Å². The van der Waals surface area contributed by atoms with Gasteiger partial charge in [0.05, 0.1) is 23.8 Å². The molecule has 2 aromatic carbocycles. The van der Waals surface area contributed by atoms with E-state index < -0.39 is 23.7 Å². The van der Waals surface area contributed by atoms with Gasteiger partial charge in [-0.1, -0.05) is 53.5 Å². The van der Waals surface area contributed by atoms with E-state index in [-0.39, 0.29) is 34.4 Å². The van der Waals surface area contributed by atoms with Gasteiger partial charge in [-0.05, 0) is 63.9 Å². The number of hydrogen-bond donors (Lipinski definition) is 2. The Kier molecular flexibility index (Phi) is 10.1. The van der Waals surface area contributed by atoms with E-state index in [4.69, 9.17) is 32.7 Å². The van der Waals surface area contributed by atoms with Gasteiger partial charge in [0.25, 0.3) is 5.91 Å². The molecule has 1 fully saturated rings. The van der Waals surface area contributed by atoms with E-state index in [1.807, 2.05) is 30.3 Å². The molecule has 1 aliphatic heterocycles. The van der Waals surface area contributed by atoms with E-state index in [9.17, 15) is 14.7 Å². The molecule has 0 aromatic heterocycles. The lowest BCUT2D eigenvalue weighted by Gasteiger charge is -2.28. The molecule has 1 amide bonds. The van der Waals surface area contributed by atoms with Crippen molar-refractivity contribution in [3.63, 3.8) is 0 Å². The average Bonchev–Trinajstić information content (AvgIpc) is 2.85. The minimum Gasteiger partial charge on any atom is -0.505 e. The van der Waals surface area contributed by atoms with Crippen molar-refractivity contribution in [3.8, 4) is 11.5 Å². The smallest absolute Gasteiger partial charge is 0.328 e. The van der Waals surface area contributed by atoms with E-state index >= 15 is 0 Å². The van der Waals surface area contributed by atoms with Crippen LogP contribution >= 0.6 is 23.2 Å². The third-order valence-electron chi connectivity index (χ3n) is 6.16. The highest BCUT2D eigenvalue weighted by Gasteiger charge is 2.27. The Balaban J connectivity index is 1.69. The van der Waals surface area contributed by atoms with E-state index in [2.05, 4.69) is 17.3 Å².